The van der Waals surface area contributed by atoms with Gasteiger partial charge in [0.15, 0.2) is 0 Å². The first-order valence-electron chi connectivity index (χ1n) is 7.03. The van der Waals surface area contributed by atoms with Crippen molar-refractivity contribution in [1.29, 1.82) is 0 Å². The third-order valence-electron chi connectivity index (χ3n) is 3.42. The Morgan fingerprint density at radius 3 is 2.67 bits per heavy atom. The van der Waals surface area contributed by atoms with Crippen molar-refractivity contribution >= 4 is 0 Å². The van der Waals surface area contributed by atoms with Crippen LogP contribution in [0.25, 0.3) is 0 Å². The van der Waals surface area contributed by atoms with E-state index in [2.05, 4.69) is 50.1 Å². The van der Waals surface area contributed by atoms with Gasteiger partial charge in [0.2, 0.25) is 0 Å². The lowest BCUT2D eigenvalue weighted by atomic mass is 9.84. The maximum absolute atomic E-state index is 4.35. The third-order valence-corrected chi connectivity index (χ3v) is 3.42. The monoisotopic (exact) mass is 252 g/mol. The van der Waals surface area contributed by atoms with Crippen LogP contribution in [0, 0.1) is 5.41 Å². The SMILES string of the molecule is CCCn1ncnc1CCCC(NC)C(C)(C)C. The zero-order valence-corrected chi connectivity index (χ0v) is 12.5. The molecule has 1 rings (SSSR count). The molecule has 4 heteroatoms. The number of nitrogens with zero attached hydrogens (tertiary/aromatic N) is 3. The Morgan fingerprint density at radius 2 is 2.11 bits per heavy atom. The summed E-state index contributed by atoms with van der Waals surface area (Å²) in [6.07, 6.45) is 6.14. The molecule has 0 bridgehead atoms. The first kappa shape index (κ1) is 15.2. The molecule has 1 unspecified atom stereocenters. The number of nitrogens with one attached hydrogen (secondary N) is 1. The molecule has 0 spiro atoms. The van der Waals surface area contributed by atoms with Gasteiger partial charge in [-0.1, -0.05) is 27.7 Å². The zero-order valence-electron chi connectivity index (χ0n) is 12.5. The van der Waals surface area contributed by atoms with E-state index in [1.165, 1.54) is 6.42 Å². The fourth-order valence-electron chi connectivity index (χ4n) is 2.35. The van der Waals surface area contributed by atoms with Gasteiger partial charge < -0.3 is 5.32 Å². The van der Waals surface area contributed by atoms with Gasteiger partial charge in [-0.25, -0.2) is 4.98 Å². The number of hydrogen-bond donors (Lipinski definition) is 1. The summed E-state index contributed by atoms with van der Waals surface area (Å²) in [6, 6.07) is 0.556. The molecule has 0 saturated carbocycles. The fraction of sp³-hybridized carbons (Fsp3) is 0.857. The minimum atomic E-state index is 0.311. The van der Waals surface area contributed by atoms with Crippen LogP contribution in [0.2, 0.25) is 0 Å². The molecule has 0 amide bonds. The van der Waals surface area contributed by atoms with Crippen LogP contribution in [0.5, 0.6) is 0 Å². The second-order valence-electron chi connectivity index (χ2n) is 6.00. The Kier molecular flexibility index (Phi) is 5.79. The molecule has 0 aliphatic rings. The molecule has 1 aromatic rings. The molecule has 0 aliphatic heterocycles. The lowest BCUT2D eigenvalue weighted by molar-refractivity contribution is 0.263. The Hall–Kier alpha value is -0.900. The highest BCUT2D eigenvalue weighted by molar-refractivity contribution is 4.86. The molecule has 0 fully saturated rings. The highest BCUT2D eigenvalue weighted by atomic mass is 15.3. The molecular weight excluding hydrogens is 224 g/mol. The normalized spacial score (nSPS) is 13.8. The van der Waals surface area contributed by atoms with E-state index >= 15 is 0 Å². The van der Waals surface area contributed by atoms with Gasteiger partial charge >= 0.3 is 0 Å². The largest absolute Gasteiger partial charge is 0.316 e. The van der Waals surface area contributed by atoms with E-state index in [0.717, 1.165) is 31.6 Å². The Bertz CT molecular complexity index is 338. The number of hydrogen-bond acceptors (Lipinski definition) is 3. The highest BCUT2D eigenvalue weighted by Crippen LogP contribution is 2.23. The predicted octanol–water partition coefficient (Wildman–Crippen LogP) is 2.64. The molecular formula is C14H28N4. The molecule has 4 nitrogen and oxygen atoms in total. The summed E-state index contributed by atoms with van der Waals surface area (Å²) < 4.78 is 2.03. The molecule has 0 radical (unpaired) electrons. The third kappa shape index (κ3) is 4.41. The zero-order chi connectivity index (χ0) is 13.6. The standard InChI is InChI=1S/C14H28N4/c1-6-10-18-13(16-11-17-18)9-7-8-12(15-5)14(2,3)4/h11-12,15H,6-10H2,1-5H3. The Morgan fingerprint density at radius 1 is 1.39 bits per heavy atom. The van der Waals surface area contributed by atoms with Crippen LogP contribution in [-0.4, -0.2) is 27.9 Å². The summed E-state index contributed by atoms with van der Waals surface area (Å²) in [5.41, 5.74) is 0.311. The summed E-state index contributed by atoms with van der Waals surface area (Å²) in [4.78, 5) is 4.35. The van der Waals surface area contributed by atoms with Gasteiger partial charge in [0, 0.05) is 19.0 Å². The summed E-state index contributed by atoms with van der Waals surface area (Å²) in [5, 5.41) is 7.68. The smallest absolute Gasteiger partial charge is 0.138 e. The van der Waals surface area contributed by atoms with Crippen LogP contribution in [0.15, 0.2) is 6.33 Å². The van der Waals surface area contributed by atoms with Crippen molar-refractivity contribution in [1.82, 2.24) is 20.1 Å². The van der Waals surface area contributed by atoms with E-state index in [9.17, 15) is 0 Å². The van der Waals surface area contributed by atoms with Crippen molar-refractivity contribution in [3.8, 4) is 0 Å². The Balaban J connectivity index is 2.43. The van der Waals surface area contributed by atoms with Crippen molar-refractivity contribution in [2.45, 2.75) is 66.0 Å². The Labute approximate surface area is 111 Å². The van der Waals surface area contributed by atoms with Gasteiger partial charge in [-0.3, -0.25) is 4.68 Å². The minimum absolute atomic E-state index is 0.311. The van der Waals surface area contributed by atoms with E-state index in [4.69, 9.17) is 0 Å². The van der Waals surface area contributed by atoms with Crippen LogP contribution in [-0.2, 0) is 13.0 Å². The van der Waals surface area contributed by atoms with Gasteiger partial charge in [0.05, 0.1) is 0 Å². The topological polar surface area (TPSA) is 42.7 Å². The average Bonchev–Trinajstić information content (AvgIpc) is 2.71. The second kappa shape index (κ2) is 6.88. The van der Waals surface area contributed by atoms with Gasteiger partial charge in [0.1, 0.15) is 12.2 Å². The molecule has 1 atom stereocenters. The van der Waals surface area contributed by atoms with Gasteiger partial charge in [-0.05, 0) is 31.7 Å². The lowest BCUT2D eigenvalue weighted by Gasteiger charge is -2.30. The van der Waals surface area contributed by atoms with E-state index in [0.29, 0.717) is 11.5 Å². The van der Waals surface area contributed by atoms with Gasteiger partial charge in [-0.15, -0.1) is 0 Å². The quantitative estimate of drug-likeness (QED) is 0.811. The van der Waals surface area contributed by atoms with Gasteiger partial charge in [-0.2, -0.15) is 5.10 Å². The van der Waals surface area contributed by atoms with Crippen LogP contribution in [0.1, 0.15) is 52.8 Å². The van der Waals surface area contributed by atoms with Crippen LogP contribution >= 0.6 is 0 Å². The highest BCUT2D eigenvalue weighted by Gasteiger charge is 2.22. The van der Waals surface area contributed by atoms with Crippen molar-refractivity contribution in [2.24, 2.45) is 5.41 Å². The number of aromatic nitrogens is 3. The average molecular weight is 252 g/mol. The predicted molar refractivity (Wildman–Crippen MR) is 75.6 cm³/mol. The fourth-order valence-corrected chi connectivity index (χ4v) is 2.35. The summed E-state index contributed by atoms with van der Waals surface area (Å²) >= 11 is 0. The second-order valence-corrected chi connectivity index (χ2v) is 6.00. The van der Waals surface area contributed by atoms with Crippen LogP contribution in [0.4, 0.5) is 0 Å². The van der Waals surface area contributed by atoms with E-state index in [-0.39, 0.29) is 0 Å². The molecule has 1 heterocycles. The maximum atomic E-state index is 4.35. The molecule has 104 valence electrons. The lowest BCUT2D eigenvalue weighted by Crippen LogP contribution is -2.38. The van der Waals surface area contributed by atoms with Gasteiger partial charge in [0.25, 0.3) is 0 Å². The van der Waals surface area contributed by atoms with E-state index < -0.39 is 0 Å². The van der Waals surface area contributed by atoms with Crippen LogP contribution in [0.3, 0.4) is 0 Å². The molecule has 1 aromatic heterocycles. The van der Waals surface area contributed by atoms with E-state index in [1.807, 2.05) is 4.68 Å². The van der Waals surface area contributed by atoms with Crippen LogP contribution < -0.4 is 5.32 Å². The van der Waals surface area contributed by atoms with Crippen molar-refractivity contribution in [3.63, 3.8) is 0 Å². The van der Waals surface area contributed by atoms with Crippen molar-refractivity contribution in [2.75, 3.05) is 7.05 Å². The molecule has 0 aromatic carbocycles. The number of aryl methyl sites for hydroxylation is 2. The molecule has 0 aliphatic carbocycles. The molecule has 1 N–H and O–H groups in total. The summed E-state index contributed by atoms with van der Waals surface area (Å²) in [7, 11) is 2.05. The van der Waals surface area contributed by atoms with E-state index in [1.54, 1.807) is 6.33 Å². The molecule has 0 saturated heterocycles. The first-order chi connectivity index (χ1) is 8.49. The van der Waals surface area contributed by atoms with Crippen molar-refractivity contribution in [3.05, 3.63) is 12.2 Å². The number of rotatable bonds is 7. The summed E-state index contributed by atoms with van der Waals surface area (Å²) in [5.74, 6) is 1.13. The molecule has 18 heavy (non-hydrogen) atoms. The van der Waals surface area contributed by atoms with Crippen molar-refractivity contribution < 1.29 is 0 Å². The summed E-state index contributed by atoms with van der Waals surface area (Å²) in [6.45, 7) is 10.0. The first-order valence-corrected chi connectivity index (χ1v) is 7.03. The minimum Gasteiger partial charge on any atom is -0.316 e. The maximum Gasteiger partial charge on any atom is 0.138 e.